The van der Waals surface area contributed by atoms with E-state index in [0.29, 0.717) is 31.9 Å². The van der Waals surface area contributed by atoms with Crippen molar-refractivity contribution in [3.63, 3.8) is 0 Å². The molecular weight excluding hydrogens is 408 g/mol. The van der Waals surface area contributed by atoms with Gasteiger partial charge in [0.15, 0.2) is 0 Å². The lowest BCUT2D eigenvalue weighted by Crippen LogP contribution is -2.48. The van der Waals surface area contributed by atoms with Crippen molar-refractivity contribution in [2.45, 2.75) is 13.5 Å². The zero-order chi connectivity index (χ0) is 22.5. The Bertz CT molecular complexity index is 1090. The fourth-order valence-corrected chi connectivity index (χ4v) is 3.79. The second-order valence-corrected chi connectivity index (χ2v) is 7.70. The van der Waals surface area contributed by atoms with Crippen LogP contribution in [-0.4, -0.2) is 64.3 Å². The first kappa shape index (κ1) is 21.6. The maximum absolute atomic E-state index is 12.3. The average Bonchev–Trinajstić information content (AvgIpc) is 3.09. The Balaban J connectivity index is 1.38. The number of urea groups is 1. The number of aryl methyl sites for hydroxylation is 1. The summed E-state index contributed by atoms with van der Waals surface area (Å²) in [5, 5.41) is 5.67. The third-order valence-electron chi connectivity index (χ3n) is 5.53. The van der Waals surface area contributed by atoms with Gasteiger partial charge in [-0.05, 0) is 37.3 Å². The second-order valence-electron chi connectivity index (χ2n) is 7.70. The number of hydrogen-bond donors (Lipinski definition) is 2. The van der Waals surface area contributed by atoms with E-state index in [0.717, 1.165) is 35.6 Å². The van der Waals surface area contributed by atoms with Gasteiger partial charge in [0, 0.05) is 44.6 Å². The van der Waals surface area contributed by atoms with Crippen molar-refractivity contribution < 1.29 is 14.3 Å². The van der Waals surface area contributed by atoms with Crippen molar-refractivity contribution in [2.24, 2.45) is 7.05 Å². The van der Waals surface area contributed by atoms with Gasteiger partial charge in [0.05, 0.1) is 24.2 Å². The van der Waals surface area contributed by atoms with E-state index in [1.807, 2.05) is 62.5 Å². The number of aromatic nitrogens is 2. The summed E-state index contributed by atoms with van der Waals surface area (Å²) >= 11 is 0. The van der Waals surface area contributed by atoms with E-state index in [2.05, 4.69) is 20.1 Å². The number of carbonyl (C=O) groups is 2. The molecule has 1 aromatic heterocycles. The summed E-state index contributed by atoms with van der Waals surface area (Å²) in [7, 11) is 1.99. The predicted octanol–water partition coefficient (Wildman–Crippen LogP) is 3.49. The van der Waals surface area contributed by atoms with Crippen molar-refractivity contribution in [2.75, 3.05) is 43.4 Å². The zero-order valence-corrected chi connectivity index (χ0v) is 18.4. The summed E-state index contributed by atoms with van der Waals surface area (Å²) in [6, 6.07) is 14.7. The topological polar surface area (TPSA) is 91.7 Å². The second kappa shape index (κ2) is 9.69. The van der Waals surface area contributed by atoms with Crippen LogP contribution in [0.15, 0.2) is 48.5 Å². The molecule has 4 rings (SSSR count). The maximum Gasteiger partial charge on any atom is 0.409 e. The van der Waals surface area contributed by atoms with Crippen molar-refractivity contribution in [1.29, 1.82) is 0 Å². The molecule has 2 heterocycles. The van der Waals surface area contributed by atoms with Crippen LogP contribution in [0.5, 0.6) is 0 Å². The average molecular weight is 437 g/mol. The van der Waals surface area contributed by atoms with E-state index >= 15 is 0 Å². The summed E-state index contributed by atoms with van der Waals surface area (Å²) in [6.07, 6.45) is -0.244. The summed E-state index contributed by atoms with van der Waals surface area (Å²) in [5.74, 6) is 0.940. The van der Waals surface area contributed by atoms with Crippen LogP contribution in [-0.2, 0) is 18.3 Å². The maximum atomic E-state index is 12.3. The summed E-state index contributed by atoms with van der Waals surface area (Å²) in [4.78, 5) is 33.0. The number of benzene rings is 2. The van der Waals surface area contributed by atoms with Gasteiger partial charge in [0.25, 0.3) is 0 Å². The highest BCUT2D eigenvalue weighted by Crippen LogP contribution is 2.21. The number of anilines is 2. The number of carbonyl (C=O) groups excluding carboxylic acids is 2. The van der Waals surface area contributed by atoms with Crippen LogP contribution in [0, 0.1) is 0 Å². The SMILES string of the molecule is CCOC(=O)N1CCN(Cc2nc3cc(NC(=O)Nc4ccccc4)ccc3n2C)CC1. The van der Waals surface area contributed by atoms with Crippen LogP contribution >= 0.6 is 0 Å². The molecule has 0 atom stereocenters. The Morgan fingerprint density at radius 1 is 1.00 bits per heavy atom. The number of para-hydroxylation sites is 1. The third kappa shape index (κ3) is 5.00. The Morgan fingerprint density at radius 3 is 2.44 bits per heavy atom. The van der Waals surface area contributed by atoms with Gasteiger partial charge in [0.1, 0.15) is 5.82 Å². The molecule has 1 fully saturated rings. The minimum atomic E-state index is -0.300. The normalized spacial score (nSPS) is 14.4. The molecule has 0 radical (unpaired) electrons. The van der Waals surface area contributed by atoms with Crippen LogP contribution < -0.4 is 10.6 Å². The smallest absolute Gasteiger partial charge is 0.409 e. The van der Waals surface area contributed by atoms with Crippen LogP contribution in [0.2, 0.25) is 0 Å². The molecule has 2 N–H and O–H groups in total. The van der Waals surface area contributed by atoms with Gasteiger partial charge in [0.2, 0.25) is 0 Å². The number of imidazole rings is 1. The molecule has 0 unspecified atom stereocenters. The number of piperazine rings is 1. The summed E-state index contributed by atoms with van der Waals surface area (Å²) < 4.78 is 7.15. The molecule has 3 aromatic rings. The fourth-order valence-electron chi connectivity index (χ4n) is 3.79. The lowest BCUT2D eigenvalue weighted by molar-refractivity contribution is 0.0770. The highest BCUT2D eigenvalue weighted by molar-refractivity contribution is 6.00. The molecule has 0 aliphatic carbocycles. The highest BCUT2D eigenvalue weighted by atomic mass is 16.6. The van der Waals surface area contributed by atoms with Crippen LogP contribution in [0.3, 0.4) is 0 Å². The molecular formula is C23H28N6O3. The number of nitrogens with zero attached hydrogens (tertiary/aromatic N) is 4. The Morgan fingerprint density at radius 2 is 1.72 bits per heavy atom. The first-order chi connectivity index (χ1) is 15.5. The molecule has 0 bridgehead atoms. The van der Waals surface area contributed by atoms with Crippen LogP contribution in [0.25, 0.3) is 11.0 Å². The minimum Gasteiger partial charge on any atom is -0.450 e. The predicted molar refractivity (Wildman–Crippen MR) is 124 cm³/mol. The zero-order valence-electron chi connectivity index (χ0n) is 18.4. The van der Waals surface area contributed by atoms with Gasteiger partial charge >= 0.3 is 12.1 Å². The van der Waals surface area contributed by atoms with Gasteiger partial charge in [-0.2, -0.15) is 0 Å². The van der Waals surface area contributed by atoms with Crippen molar-refractivity contribution in [3.8, 4) is 0 Å². The van der Waals surface area contributed by atoms with E-state index < -0.39 is 0 Å². The van der Waals surface area contributed by atoms with Crippen molar-refractivity contribution in [3.05, 3.63) is 54.4 Å². The fraction of sp³-hybridized carbons (Fsp3) is 0.348. The molecule has 1 saturated heterocycles. The number of ether oxygens (including phenoxy) is 1. The van der Waals surface area contributed by atoms with Crippen molar-refractivity contribution >= 4 is 34.5 Å². The standard InChI is InChI=1S/C23H28N6O3/c1-3-32-23(31)29-13-11-28(12-14-29)16-21-26-19-15-18(9-10-20(19)27(21)2)25-22(30)24-17-7-5-4-6-8-17/h4-10,15H,3,11-14,16H2,1-2H3,(H2,24,25,30). The minimum absolute atomic E-state index is 0.244. The molecule has 1 aliphatic rings. The Labute approximate surface area is 187 Å². The lowest BCUT2D eigenvalue weighted by atomic mass is 10.2. The van der Waals surface area contributed by atoms with Crippen LogP contribution in [0.4, 0.5) is 21.0 Å². The summed E-state index contributed by atoms with van der Waals surface area (Å²) in [6.45, 7) is 5.74. The highest BCUT2D eigenvalue weighted by Gasteiger charge is 2.23. The monoisotopic (exact) mass is 436 g/mol. The molecule has 3 amide bonds. The first-order valence-electron chi connectivity index (χ1n) is 10.8. The molecule has 168 valence electrons. The molecule has 1 aliphatic heterocycles. The Kier molecular flexibility index (Phi) is 6.55. The van der Waals surface area contributed by atoms with Gasteiger partial charge in [-0.25, -0.2) is 14.6 Å². The van der Waals surface area contributed by atoms with Gasteiger partial charge in [-0.3, -0.25) is 4.90 Å². The van der Waals surface area contributed by atoms with E-state index in [4.69, 9.17) is 9.72 Å². The van der Waals surface area contributed by atoms with Gasteiger partial charge < -0.3 is 24.8 Å². The van der Waals surface area contributed by atoms with Gasteiger partial charge in [-0.1, -0.05) is 18.2 Å². The number of hydrogen-bond acceptors (Lipinski definition) is 5. The van der Waals surface area contributed by atoms with E-state index in [1.165, 1.54) is 0 Å². The number of nitrogens with one attached hydrogen (secondary N) is 2. The number of fused-ring (bicyclic) bond motifs is 1. The molecule has 0 saturated carbocycles. The van der Waals surface area contributed by atoms with E-state index in [1.54, 1.807) is 4.90 Å². The summed E-state index contributed by atoms with van der Waals surface area (Å²) in [5.41, 5.74) is 3.23. The molecule has 9 nitrogen and oxygen atoms in total. The number of rotatable bonds is 5. The lowest BCUT2D eigenvalue weighted by Gasteiger charge is -2.33. The van der Waals surface area contributed by atoms with Gasteiger partial charge in [-0.15, -0.1) is 0 Å². The molecule has 32 heavy (non-hydrogen) atoms. The van der Waals surface area contributed by atoms with E-state index in [9.17, 15) is 9.59 Å². The van der Waals surface area contributed by atoms with E-state index in [-0.39, 0.29) is 12.1 Å². The first-order valence-corrected chi connectivity index (χ1v) is 10.8. The quantitative estimate of drug-likeness (QED) is 0.639. The Hall–Kier alpha value is -3.59. The molecule has 0 spiro atoms. The largest absolute Gasteiger partial charge is 0.450 e. The van der Waals surface area contributed by atoms with Crippen molar-refractivity contribution in [1.82, 2.24) is 19.4 Å². The molecule has 2 aromatic carbocycles. The van der Waals surface area contributed by atoms with Crippen LogP contribution in [0.1, 0.15) is 12.7 Å². The molecule has 9 heteroatoms. The third-order valence-corrected chi connectivity index (χ3v) is 5.53. The number of amides is 3.